The molecule has 5 N–H and O–H groups in total. The molecule has 1 spiro atoms. The lowest BCUT2D eigenvalue weighted by molar-refractivity contribution is -0.326. The third-order valence-corrected chi connectivity index (χ3v) is 10.6. The van der Waals surface area contributed by atoms with E-state index in [1.807, 2.05) is 6.92 Å². The first-order chi connectivity index (χ1) is 16.5. The first kappa shape index (κ1) is 23.8. The van der Waals surface area contributed by atoms with Crippen LogP contribution in [-0.2, 0) is 23.8 Å². The van der Waals surface area contributed by atoms with Gasteiger partial charge in [0.05, 0.1) is 23.5 Å². The van der Waals surface area contributed by atoms with E-state index in [0.717, 1.165) is 6.42 Å². The Bertz CT molecular complexity index is 981. The summed E-state index contributed by atoms with van der Waals surface area (Å²) >= 11 is 0. The maximum Gasteiger partial charge on any atom is 0.312 e. The van der Waals surface area contributed by atoms with E-state index in [2.05, 4.69) is 6.58 Å². The second-order valence-electron chi connectivity index (χ2n) is 12.0. The van der Waals surface area contributed by atoms with Crippen molar-refractivity contribution < 1.29 is 49.3 Å². The first-order valence-corrected chi connectivity index (χ1v) is 12.6. The van der Waals surface area contributed by atoms with Crippen LogP contribution in [-0.4, -0.2) is 86.0 Å². The molecular weight excluding hydrogens is 460 g/mol. The lowest BCUT2D eigenvalue weighted by Crippen LogP contribution is -2.61. The highest BCUT2D eigenvalue weighted by Crippen LogP contribution is 2.78. The number of hydrogen-bond acceptors (Lipinski definition) is 9. The van der Waals surface area contributed by atoms with Crippen LogP contribution < -0.4 is 0 Å². The van der Waals surface area contributed by atoms with Crippen LogP contribution in [0.4, 0.5) is 0 Å². The molecule has 0 aromatic rings. The summed E-state index contributed by atoms with van der Waals surface area (Å²) < 4.78 is 18.1. The van der Waals surface area contributed by atoms with Crippen LogP contribution in [0.25, 0.3) is 0 Å². The van der Waals surface area contributed by atoms with E-state index in [1.165, 1.54) is 0 Å². The number of esters is 1. The standard InChI is InChI=1S/C25H34O10/c1-11-8-23-10-24(11,34-20-17(29)16(28)15(27)12(9-26)33-20)7-4-13(23)25-6-3-5-22(2,21(32)35-25)18(25)14(23)19(30)31/h12-18,20,26-29H,1,3-10H2,2H3,(H,30,31). The Labute approximate surface area is 202 Å². The molecule has 10 nitrogen and oxygen atoms in total. The first-order valence-electron chi connectivity index (χ1n) is 12.6. The summed E-state index contributed by atoms with van der Waals surface area (Å²) in [6.45, 7) is 5.55. The van der Waals surface area contributed by atoms with Crippen molar-refractivity contribution in [2.75, 3.05) is 6.61 Å². The lowest BCUT2D eigenvalue weighted by atomic mass is 9.60. The normalized spacial score (nSPS) is 56.5. The number of carbonyl (C=O) groups is 2. The van der Waals surface area contributed by atoms with E-state index in [0.29, 0.717) is 44.1 Å². The summed E-state index contributed by atoms with van der Waals surface area (Å²) in [5.41, 5.74) is -2.64. The molecule has 0 radical (unpaired) electrons. The van der Waals surface area contributed by atoms with Gasteiger partial charge in [0.15, 0.2) is 6.29 Å². The molecule has 0 aromatic heterocycles. The maximum atomic E-state index is 13.0. The van der Waals surface area contributed by atoms with E-state index >= 15 is 0 Å². The molecule has 0 amide bonds. The number of aliphatic hydroxyl groups is 4. The largest absolute Gasteiger partial charge is 0.481 e. The summed E-state index contributed by atoms with van der Waals surface area (Å²) in [6.07, 6.45) is -3.21. The molecule has 10 heteroatoms. The van der Waals surface area contributed by atoms with Crippen LogP contribution in [0.2, 0.25) is 0 Å². The van der Waals surface area contributed by atoms with Crippen LogP contribution in [0, 0.1) is 28.6 Å². The second-order valence-corrected chi connectivity index (χ2v) is 12.0. The van der Waals surface area contributed by atoms with Gasteiger partial charge in [0.1, 0.15) is 30.0 Å². The van der Waals surface area contributed by atoms with Crippen molar-refractivity contribution in [2.24, 2.45) is 28.6 Å². The number of ether oxygens (including phenoxy) is 3. The highest BCUT2D eigenvalue weighted by Gasteiger charge is 2.83. The predicted octanol–water partition coefficient (Wildman–Crippen LogP) is 0.104. The van der Waals surface area contributed by atoms with E-state index < -0.39 is 77.1 Å². The summed E-state index contributed by atoms with van der Waals surface area (Å²) in [5, 5.41) is 51.0. The monoisotopic (exact) mass is 494 g/mol. The van der Waals surface area contributed by atoms with Crippen molar-refractivity contribution >= 4 is 11.9 Å². The SMILES string of the molecule is C=C1CC23CC1(OC1OC(CO)C(O)C(O)C1O)CCC2C12CCCC(C)(C(=O)O1)C2C3C(=O)O. The van der Waals surface area contributed by atoms with Gasteiger partial charge in [-0.2, -0.15) is 0 Å². The van der Waals surface area contributed by atoms with Gasteiger partial charge in [0.2, 0.25) is 0 Å². The molecule has 6 aliphatic rings. The maximum absolute atomic E-state index is 13.0. The van der Waals surface area contributed by atoms with Crippen molar-refractivity contribution in [2.45, 2.75) is 93.8 Å². The Morgan fingerprint density at radius 3 is 2.60 bits per heavy atom. The molecular formula is C25H34O10. The zero-order chi connectivity index (χ0) is 25.1. The average molecular weight is 495 g/mol. The topological polar surface area (TPSA) is 163 Å². The number of hydrogen-bond donors (Lipinski definition) is 5. The molecule has 12 unspecified atom stereocenters. The highest BCUT2D eigenvalue weighted by molar-refractivity contribution is 5.84. The van der Waals surface area contributed by atoms with E-state index in [9.17, 15) is 35.1 Å². The molecule has 2 heterocycles. The van der Waals surface area contributed by atoms with Gasteiger partial charge in [-0.15, -0.1) is 0 Å². The number of carbonyl (C=O) groups excluding carboxylic acids is 1. The Balaban J connectivity index is 1.38. The average Bonchev–Trinajstić information content (AvgIpc) is 3.22. The molecule has 4 bridgehead atoms. The number of rotatable bonds is 4. The Morgan fingerprint density at radius 1 is 1.17 bits per heavy atom. The minimum atomic E-state index is -1.57. The third kappa shape index (κ3) is 2.70. The van der Waals surface area contributed by atoms with Gasteiger partial charge in [-0.25, -0.2) is 0 Å². The number of aliphatic carboxylic acids is 1. The van der Waals surface area contributed by atoms with Crippen molar-refractivity contribution in [3.63, 3.8) is 0 Å². The van der Waals surface area contributed by atoms with Gasteiger partial charge in [0.25, 0.3) is 0 Å². The summed E-state index contributed by atoms with van der Waals surface area (Å²) in [6, 6.07) is 0. The van der Waals surface area contributed by atoms with E-state index in [4.69, 9.17) is 14.2 Å². The van der Waals surface area contributed by atoms with Gasteiger partial charge in [-0.1, -0.05) is 6.58 Å². The zero-order valence-corrected chi connectivity index (χ0v) is 19.8. The summed E-state index contributed by atoms with van der Waals surface area (Å²) in [4.78, 5) is 25.9. The van der Waals surface area contributed by atoms with Crippen molar-refractivity contribution in [3.05, 3.63) is 12.2 Å². The van der Waals surface area contributed by atoms with Gasteiger partial charge < -0.3 is 39.7 Å². The Kier molecular flexibility index (Phi) is 4.94. The van der Waals surface area contributed by atoms with Crippen molar-refractivity contribution in [1.29, 1.82) is 0 Å². The minimum Gasteiger partial charge on any atom is -0.481 e. The molecule has 35 heavy (non-hydrogen) atoms. The Morgan fingerprint density at radius 2 is 1.91 bits per heavy atom. The van der Waals surface area contributed by atoms with Crippen molar-refractivity contribution in [1.82, 2.24) is 0 Å². The quantitative estimate of drug-likeness (QED) is 0.268. The molecule has 4 aliphatic carbocycles. The number of carboxylic acids is 1. The summed E-state index contributed by atoms with van der Waals surface area (Å²) in [5.74, 6) is -2.59. The second kappa shape index (κ2) is 7.26. The molecule has 2 saturated heterocycles. The summed E-state index contributed by atoms with van der Waals surface area (Å²) in [7, 11) is 0. The smallest absolute Gasteiger partial charge is 0.312 e. The predicted molar refractivity (Wildman–Crippen MR) is 117 cm³/mol. The third-order valence-electron chi connectivity index (χ3n) is 10.6. The lowest BCUT2D eigenvalue weighted by Gasteiger charge is -2.49. The number of aliphatic hydroxyl groups excluding tert-OH is 4. The highest BCUT2D eigenvalue weighted by atomic mass is 16.7. The number of fused-ring (bicyclic) bond motifs is 1. The van der Waals surface area contributed by atoms with Gasteiger partial charge in [-0.05, 0) is 62.9 Å². The molecule has 4 saturated carbocycles. The molecule has 0 aromatic carbocycles. The Hall–Kier alpha value is -1.56. The van der Waals surface area contributed by atoms with Crippen LogP contribution in [0.15, 0.2) is 12.2 Å². The van der Waals surface area contributed by atoms with Crippen LogP contribution in [0.5, 0.6) is 0 Å². The van der Waals surface area contributed by atoms with Crippen LogP contribution in [0.3, 0.4) is 0 Å². The molecule has 2 aliphatic heterocycles. The fourth-order valence-electron chi connectivity index (χ4n) is 9.24. The zero-order valence-electron chi connectivity index (χ0n) is 19.8. The van der Waals surface area contributed by atoms with Crippen molar-refractivity contribution in [3.8, 4) is 0 Å². The van der Waals surface area contributed by atoms with Gasteiger partial charge >= 0.3 is 11.9 Å². The molecule has 6 rings (SSSR count). The molecule has 12 atom stereocenters. The number of carboxylic acid groups (broad SMARTS) is 1. The minimum absolute atomic E-state index is 0.141. The van der Waals surface area contributed by atoms with E-state index in [1.54, 1.807) is 0 Å². The van der Waals surface area contributed by atoms with E-state index in [-0.39, 0.29) is 11.9 Å². The molecule has 6 fully saturated rings. The van der Waals surface area contributed by atoms with Crippen LogP contribution >= 0.6 is 0 Å². The van der Waals surface area contributed by atoms with Gasteiger partial charge in [0, 0.05) is 11.8 Å². The van der Waals surface area contributed by atoms with Gasteiger partial charge in [-0.3, -0.25) is 9.59 Å². The fourth-order valence-corrected chi connectivity index (χ4v) is 9.24. The fraction of sp³-hybridized carbons (Fsp3) is 0.840. The van der Waals surface area contributed by atoms with Crippen LogP contribution in [0.1, 0.15) is 51.9 Å². The molecule has 194 valence electrons.